The van der Waals surface area contributed by atoms with E-state index in [1.165, 1.54) is 0 Å². The van der Waals surface area contributed by atoms with Gasteiger partial charge in [-0.2, -0.15) is 0 Å². The highest BCUT2D eigenvalue weighted by molar-refractivity contribution is 5.54. The summed E-state index contributed by atoms with van der Waals surface area (Å²) in [6.07, 6.45) is 1.54. The molecule has 0 aliphatic carbocycles. The summed E-state index contributed by atoms with van der Waals surface area (Å²) in [5.74, 6) is -0.124. The Bertz CT molecular complexity index is 316. The zero-order chi connectivity index (χ0) is 9.97. The Morgan fingerprint density at radius 3 is 3.21 bits per heavy atom. The van der Waals surface area contributed by atoms with Gasteiger partial charge in [0.1, 0.15) is 5.69 Å². The first-order chi connectivity index (χ1) is 6.79. The fourth-order valence-electron chi connectivity index (χ4n) is 1.80. The Labute approximate surface area is 83.6 Å². The van der Waals surface area contributed by atoms with Crippen LogP contribution in [-0.2, 0) is 5.11 Å². The van der Waals surface area contributed by atoms with Gasteiger partial charge in [0.15, 0.2) is 0 Å². The number of pyridine rings is 1. The number of nitrogens with one attached hydrogen (secondary N) is 1. The molecule has 4 heteroatoms. The van der Waals surface area contributed by atoms with E-state index in [4.69, 9.17) is 0 Å². The van der Waals surface area contributed by atoms with Gasteiger partial charge in [0, 0.05) is 31.9 Å². The summed E-state index contributed by atoms with van der Waals surface area (Å²) in [4.78, 5) is 5.89. The molecule has 0 amide bonds. The molecule has 1 aliphatic heterocycles. The molecule has 0 bridgehead atoms. The molecule has 0 spiro atoms. The smallest absolute Gasteiger partial charge is 0.293 e. The van der Waals surface area contributed by atoms with E-state index in [0.717, 1.165) is 25.3 Å². The third-order valence-electron chi connectivity index (χ3n) is 2.56. The average molecular weight is 192 g/mol. The summed E-state index contributed by atoms with van der Waals surface area (Å²) in [7, 11) is 0. The Morgan fingerprint density at radius 2 is 2.50 bits per heavy atom. The van der Waals surface area contributed by atoms with Gasteiger partial charge in [0.2, 0.25) is 0 Å². The van der Waals surface area contributed by atoms with Gasteiger partial charge in [0.25, 0.3) is 5.88 Å². The van der Waals surface area contributed by atoms with Crippen LogP contribution in [0.15, 0.2) is 18.3 Å². The minimum Gasteiger partial charge on any atom is -0.362 e. The van der Waals surface area contributed by atoms with Crippen molar-refractivity contribution in [2.45, 2.75) is 13.0 Å². The lowest BCUT2D eigenvalue weighted by Gasteiger charge is -2.35. The van der Waals surface area contributed by atoms with Crippen molar-refractivity contribution >= 4 is 5.69 Å². The SMILES string of the molecule is CC1CNCCN1c1cccnc1[O]. The molecule has 1 fully saturated rings. The summed E-state index contributed by atoms with van der Waals surface area (Å²) in [5, 5.41) is 14.8. The first kappa shape index (κ1) is 9.27. The van der Waals surface area contributed by atoms with Gasteiger partial charge in [-0.3, -0.25) is 5.11 Å². The van der Waals surface area contributed by atoms with Gasteiger partial charge in [-0.15, -0.1) is 0 Å². The average Bonchev–Trinajstić information content (AvgIpc) is 2.20. The standard InChI is InChI=1S/C10H14N3O/c1-8-7-11-5-6-13(8)9-3-2-4-12-10(9)14/h2-4,8,11H,5-7H2,1H3. The lowest BCUT2D eigenvalue weighted by molar-refractivity contribution is 0.335. The number of rotatable bonds is 1. The van der Waals surface area contributed by atoms with Crippen LogP contribution in [0.3, 0.4) is 0 Å². The third kappa shape index (κ3) is 1.65. The minimum absolute atomic E-state index is 0.124. The molecule has 1 radical (unpaired) electrons. The van der Waals surface area contributed by atoms with Crippen molar-refractivity contribution in [3.63, 3.8) is 0 Å². The van der Waals surface area contributed by atoms with Crippen LogP contribution < -0.4 is 10.2 Å². The van der Waals surface area contributed by atoms with Crippen molar-refractivity contribution in [3.8, 4) is 5.88 Å². The highest BCUT2D eigenvalue weighted by Crippen LogP contribution is 2.26. The van der Waals surface area contributed by atoms with Crippen molar-refractivity contribution in [2.75, 3.05) is 24.5 Å². The number of piperazine rings is 1. The molecule has 1 saturated heterocycles. The zero-order valence-electron chi connectivity index (χ0n) is 8.23. The summed E-state index contributed by atoms with van der Waals surface area (Å²) in [6, 6.07) is 4.02. The maximum atomic E-state index is 11.5. The number of hydrogen-bond acceptors (Lipinski definition) is 3. The van der Waals surface area contributed by atoms with Crippen LogP contribution in [0.25, 0.3) is 0 Å². The molecule has 75 valence electrons. The highest BCUT2D eigenvalue weighted by Gasteiger charge is 2.21. The topological polar surface area (TPSA) is 48.1 Å². The molecule has 1 aliphatic rings. The first-order valence-corrected chi connectivity index (χ1v) is 4.88. The summed E-state index contributed by atoms with van der Waals surface area (Å²) in [6.45, 7) is 4.84. The largest absolute Gasteiger partial charge is 0.362 e. The molecule has 1 unspecified atom stereocenters. The summed E-state index contributed by atoms with van der Waals surface area (Å²) < 4.78 is 0. The quantitative estimate of drug-likeness (QED) is 0.722. The van der Waals surface area contributed by atoms with Crippen LogP contribution in [0.4, 0.5) is 5.69 Å². The first-order valence-electron chi connectivity index (χ1n) is 4.88. The Balaban J connectivity index is 2.25. The zero-order valence-corrected chi connectivity index (χ0v) is 8.23. The second-order valence-corrected chi connectivity index (χ2v) is 3.57. The molecular formula is C10H14N3O. The van der Waals surface area contributed by atoms with E-state index >= 15 is 0 Å². The van der Waals surface area contributed by atoms with E-state index in [2.05, 4.69) is 22.1 Å². The molecule has 1 aromatic rings. The molecule has 1 atom stereocenters. The van der Waals surface area contributed by atoms with Gasteiger partial charge in [-0.25, -0.2) is 4.98 Å². The van der Waals surface area contributed by atoms with Gasteiger partial charge < -0.3 is 10.2 Å². The van der Waals surface area contributed by atoms with E-state index in [1.54, 1.807) is 6.20 Å². The fraction of sp³-hybridized carbons (Fsp3) is 0.500. The van der Waals surface area contributed by atoms with Crippen LogP contribution in [-0.4, -0.2) is 30.7 Å². The number of anilines is 1. The van der Waals surface area contributed by atoms with E-state index in [9.17, 15) is 5.11 Å². The molecule has 1 aromatic heterocycles. The van der Waals surface area contributed by atoms with Crippen LogP contribution in [0.1, 0.15) is 6.92 Å². The molecule has 4 nitrogen and oxygen atoms in total. The predicted octanol–water partition coefficient (Wildman–Crippen LogP) is 1.02. The maximum absolute atomic E-state index is 11.5. The normalized spacial score (nSPS) is 22.4. The lowest BCUT2D eigenvalue weighted by Crippen LogP contribution is -2.49. The fourth-order valence-corrected chi connectivity index (χ4v) is 1.80. The minimum atomic E-state index is -0.124. The van der Waals surface area contributed by atoms with Crippen molar-refractivity contribution < 1.29 is 5.11 Å². The molecule has 2 rings (SSSR count). The third-order valence-corrected chi connectivity index (χ3v) is 2.56. The molecular weight excluding hydrogens is 178 g/mol. The summed E-state index contributed by atoms with van der Waals surface area (Å²) >= 11 is 0. The number of nitrogens with zero attached hydrogens (tertiary/aromatic N) is 2. The van der Waals surface area contributed by atoms with Crippen LogP contribution in [0.2, 0.25) is 0 Å². The predicted molar refractivity (Wildman–Crippen MR) is 54.0 cm³/mol. The van der Waals surface area contributed by atoms with Crippen molar-refractivity contribution in [3.05, 3.63) is 18.3 Å². The molecule has 14 heavy (non-hydrogen) atoms. The Hall–Kier alpha value is -1.29. The second kappa shape index (κ2) is 3.84. The van der Waals surface area contributed by atoms with Gasteiger partial charge >= 0.3 is 0 Å². The highest BCUT2D eigenvalue weighted by atomic mass is 16.3. The van der Waals surface area contributed by atoms with Gasteiger partial charge in [0.05, 0.1) is 0 Å². The van der Waals surface area contributed by atoms with Crippen LogP contribution in [0, 0.1) is 0 Å². The molecule has 0 saturated carbocycles. The van der Waals surface area contributed by atoms with Crippen molar-refractivity contribution in [1.29, 1.82) is 0 Å². The molecule has 2 heterocycles. The van der Waals surface area contributed by atoms with E-state index in [-0.39, 0.29) is 5.88 Å². The van der Waals surface area contributed by atoms with Gasteiger partial charge in [-0.1, -0.05) is 0 Å². The molecule has 0 aromatic carbocycles. The van der Waals surface area contributed by atoms with Crippen molar-refractivity contribution in [2.24, 2.45) is 0 Å². The summed E-state index contributed by atoms with van der Waals surface area (Å²) in [5.41, 5.74) is 0.724. The van der Waals surface area contributed by atoms with Gasteiger partial charge in [-0.05, 0) is 19.1 Å². The monoisotopic (exact) mass is 192 g/mol. The van der Waals surface area contributed by atoms with E-state index < -0.39 is 0 Å². The van der Waals surface area contributed by atoms with Crippen LogP contribution in [0.5, 0.6) is 5.88 Å². The van der Waals surface area contributed by atoms with E-state index in [0.29, 0.717) is 6.04 Å². The lowest BCUT2D eigenvalue weighted by atomic mass is 10.2. The molecule has 1 N–H and O–H groups in total. The van der Waals surface area contributed by atoms with Crippen molar-refractivity contribution in [1.82, 2.24) is 10.3 Å². The van der Waals surface area contributed by atoms with E-state index in [1.807, 2.05) is 12.1 Å². The number of aromatic nitrogens is 1. The Morgan fingerprint density at radius 1 is 1.64 bits per heavy atom. The Kier molecular flexibility index (Phi) is 2.54. The second-order valence-electron chi connectivity index (χ2n) is 3.57. The van der Waals surface area contributed by atoms with Crippen LogP contribution >= 0.6 is 0 Å². The number of hydrogen-bond donors (Lipinski definition) is 1. The maximum Gasteiger partial charge on any atom is 0.293 e.